The Morgan fingerprint density at radius 1 is 1.19 bits per heavy atom. The number of ether oxygens (including phenoxy) is 1. The highest BCUT2D eigenvalue weighted by Crippen LogP contribution is 2.40. The monoisotopic (exact) mass is 438 g/mol. The predicted molar refractivity (Wildman–Crippen MR) is 101 cm³/mol. The quantitative estimate of drug-likeness (QED) is 0.204. The van der Waals surface area contributed by atoms with Crippen molar-refractivity contribution in [3.05, 3.63) is 57.1 Å². The summed E-state index contributed by atoms with van der Waals surface area (Å²) in [5.41, 5.74) is 8.05. The average molecular weight is 439 g/mol. The van der Waals surface area contributed by atoms with Gasteiger partial charge in [0.1, 0.15) is 19.6 Å². The summed E-state index contributed by atoms with van der Waals surface area (Å²) in [6.45, 7) is 12.9. The molecule has 0 bridgehead atoms. The minimum absolute atomic E-state index is 0.0229. The fourth-order valence-electron chi connectivity index (χ4n) is 1.88. The van der Waals surface area contributed by atoms with Gasteiger partial charge in [0.15, 0.2) is 11.6 Å². The molecule has 0 aliphatic rings. The molecule has 0 atom stereocenters. The lowest BCUT2D eigenvalue weighted by Crippen LogP contribution is -2.16. The number of hydrogen-bond donors (Lipinski definition) is 1. The van der Waals surface area contributed by atoms with Crippen LogP contribution in [0.2, 0.25) is 19.6 Å². The van der Waals surface area contributed by atoms with E-state index in [4.69, 9.17) is 17.0 Å². The van der Waals surface area contributed by atoms with Crippen molar-refractivity contribution in [3.63, 3.8) is 0 Å². The first kappa shape index (κ1) is 19.9. The molecule has 8 heteroatoms. The topological polar surface area (TPSA) is 39.6 Å². The molecule has 0 amide bonds. The second-order valence-electron chi connectivity index (χ2n) is 6.39. The fourth-order valence-corrected chi connectivity index (χ4v) is 2.94. The van der Waals surface area contributed by atoms with Crippen LogP contribution in [0.1, 0.15) is 5.56 Å². The van der Waals surface area contributed by atoms with Crippen LogP contribution in [0.25, 0.3) is 4.85 Å². The normalized spacial score (nSPS) is 10.7. The minimum Gasteiger partial charge on any atom is -0.454 e. The maximum atomic E-state index is 14.3. The molecule has 0 aliphatic heterocycles. The van der Waals surface area contributed by atoms with Gasteiger partial charge in [0.05, 0.1) is 22.3 Å². The van der Waals surface area contributed by atoms with E-state index in [1.54, 1.807) is 0 Å². The number of nitrogens with two attached hydrogens (primary N) is 1. The van der Waals surface area contributed by atoms with Gasteiger partial charge in [-0.2, -0.15) is 4.39 Å². The molecule has 0 unspecified atom stereocenters. The van der Waals surface area contributed by atoms with E-state index in [0.717, 1.165) is 12.1 Å². The highest BCUT2D eigenvalue weighted by Gasteiger charge is 2.23. The Hall–Kier alpha value is -2.42. The SMILES string of the molecule is [C-]#[N+]c1cc(Oc2c(F)c(F)c(N)c(C#C[Si](C)(C)C)c2Br)ccc1F. The maximum Gasteiger partial charge on any atom is 0.225 e. The van der Waals surface area contributed by atoms with E-state index in [1.165, 1.54) is 6.07 Å². The largest absolute Gasteiger partial charge is 0.454 e. The molecule has 0 aromatic heterocycles. The molecule has 0 aliphatic carbocycles. The first-order valence-electron chi connectivity index (χ1n) is 7.39. The zero-order chi connectivity index (χ0) is 19.6. The zero-order valence-corrected chi connectivity index (χ0v) is 16.8. The number of rotatable bonds is 2. The van der Waals surface area contributed by atoms with Gasteiger partial charge in [0.25, 0.3) is 0 Å². The fraction of sp³-hybridized carbons (Fsp3) is 0.167. The Morgan fingerprint density at radius 3 is 2.42 bits per heavy atom. The van der Waals surface area contributed by atoms with Crippen LogP contribution in [-0.4, -0.2) is 8.07 Å². The van der Waals surface area contributed by atoms with E-state index in [0.29, 0.717) is 0 Å². The molecule has 3 nitrogen and oxygen atoms in total. The number of benzene rings is 2. The van der Waals surface area contributed by atoms with Crippen LogP contribution in [0.15, 0.2) is 22.7 Å². The Bertz CT molecular complexity index is 985. The lowest BCUT2D eigenvalue weighted by Gasteiger charge is -2.14. The molecule has 2 N–H and O–H groups in total. The lowest BCUT2D eigenvalue weighted by atomic mass is 10.1. The summed E-state index contributed by atoms with van der Waals surface area (Å²) in [5.74, 6) is -1.03. The highest BCUT2D eigenvalue weighted by molar-refractivity contribution is 9.10. The number of nitrogen functional groups attached to an aromatic ring is 1. The highest BCUT2D eigenvalue weighted by atomic mass is 79.9. The summed E-state index contributed by atoms with van der Waals surface area (Å²) in [7, 11) is -1.80. The molecule has 0 saturated carbocycles. The van der Waals surface area contributed by atoms with Gasteiger partial charge in [-0.15, -0.1) is 5.54 Å². The van der Waals surface area contributed by atoms with Crippen LogP contribution in [0, 0.1) is 35.5 Å². The van der Waals surface area contributed by atoms with Crippen molar-refractivity contribution < 1.29 is 17.9 Å². The third-order valence-electron chi connectivity index (χ3n) is 3.14. The number of halogens is 4. The summed E-state index contributed by atoms with van der Waals surface area (Å²) in [4.78, 5) is 3.00. The van der Waals surface area contributed by atoms with E-state index in [9.17, 15) is 13.2 Å². The Kier molecular flexibility index (Phi) is 5.70. The molecule has 2 aromatic carbocycles. The van der Waals surface area contributed by atoms with Crippen molar-refractivity contribution in [2.45, 2.75) is 19.6 Å². The summed E-state index contributed by atoms with van der Waals surface area (Å²) >= 11 is 3.16. The predicted octanol–water partition coefficient (Wildman–Crippen LogP) is 6.02. The summed E-state index contributed by atoms with van der Waals surface area (Å²) in [5, 5.41) is 0. The van der Waals surface area contributed by atoms with Gasteiger partial charge in [0, 0.05) is 0 Å². The molecule has 0 saturated heterocycles. The Balaban J connectivity index is 2.61. The zero-order valence-electron chi connectivity index (χ0n) is 14.2. The van der Waals surface area contributed by atoms with Gasteiger partial charge in [-0.25, -0.2) is 13.6 Å². The summed E-state index contributed by atoms with van der Waals surface area (Å²) < 4.78 is 47.4. The van der Waals surface area contributed by atoms with E-state index in [2.05, 4.69) is 32.2 Å². The molecular formula is C18H14BrF3N2OSi. The Morgan fingerprint density at radius 2 is 1.85 bits per heavy atom. The molecule has 0 heterocycles. The van der Waals surface area contributed by atoms with E-state index in [1.807, 2.05) is 19.6 Å². The molecular weight excluding hydrogens is 425 g/mol. The van der Waals surface area contributed by atoms with Crippen LogP contribution >= 0.6 is 15.9 Å². The standard InChI is InChI=1S/C18H14BrF3N2OSi/c1-24-13-9-10(5-6-12(13)20)25-18-14(19)11(7-8-26(2,3)4)17(23)15(21)16(18)22/h5-6,9H,23H2,2-4H3. The third kappa shape index (κ3) is 4.21. The molecule has 2 aromatic rings. The summed E-state index contributed by atoms with van der Waals surface area (Å²) in [6, 6.07) is 3.31. The second kappa shape index (κ2) is 7.44. The second-order valence-corrected chi connectivity index (χ2v) is 11.9. The maximum absolute atomic E-state index is 14.3. The van der Waals surface area contributed by atoms with Gasteiger partial charge in [-0.1, -0.05) is 25.6 Å². The van der Waals surface area contributed by atoms with E-state index >= 15 is 0 Å². The van der Waals surface area contributed by atoms with Gasteiger partial charge >= 0.3 is 0 Å². The first-order valence-corrected chi connectivity index (χ1v) is 11.7. The van der Waals surface area contributed by atoms with Crippen molar-refractivity contribution >= 4 is 35.4 Å². The first-order chi connectivity index (χ1) is 12.0. The van der Waals surface area contributed by atoms with Crippen molar-refractivity contribution in [2.24, 2.45) is 0 Å². The van der Waals surface area contributed by atoms with Crippen molar-refractivity contribution in [3.8, 4) is 23.0 Å². The summed E-state index contributed by atoms with van der Waals surface area (Å²) in [6.07, 6.45) is 0. The van der Waals surface area contributed by atoms with E-state index < -0.39 is 37.0 Å². The molecule has 0 fully saturated rings. The van der Waals surface area contributed by atoms with Gasteiger partial charge in [-0.05, 0) is 34.1 Å². The van der Waals surface area contributed by atoms with Crippen molar-refractivity contribution in [1.82, 2.24) is 0 Å². The van der Waals surface area contributed by atoms with Gasteiger partial charge in [0.2, 0.25) is 11.5 Å². The van der Waals surface area contributed by atoms with Gasteiger partial charge < -0.3 is 10.5 Å². The average Bonchev–Trinajstić information content (AvgIpc) is 2.57. The van der Waals surface area contributed by atoms with Crippen LogP contribution in [0.3, 0.4) is 0 Å². The lowest BCUT2D eigenvalue weighted by molar-refractivity contribution is 0.414. The smallest absolute Gasteiger partial charge is 0.225 e. The molecule has 2 rings (SSSR count). The van der Waals surface area contributed by atoms with Crippen molar-refractivity contribution in [2.75, 3.05) is 5.73 Å². The molecule has 0 spiro atoms. The van der Waals surface area contributed by atoms with Crippen LogP contribution < -0.4 is 10.5 Å². The molecule has 0 radical (unpaired) electrons. The van der Waals surface area contributed by atoms with Crippen LogP contribution in [0.4, 0.5) is 24.5 Å². The third-order valence-corrected chi connectivity index (χ3v) is 4.77. The van der Waals surface area contributed by atoms with Crippen LogP contribution in [0.5, 0.6) is 11.5 Å². The van der Waals surface area contributed by atoms with Crippen LogP contribution in [-0.2, 0) is 0 Å². The number of nitrogens with zero attached hydrogens (tertiary/aromatic N) is 1. The Labute approximate surface area is 158 Å². The minimum atomic E-state index is -1.80. The molecule has 134 valence electrons. The molecule has 26 heavy (non-hydrogen) atoms. The van der Waals surface area contributed by atoms with E-state index in [-0.39, 0.29) is 21.5 Å². The van der Waals surface area contributed by atoms with Gasteiger partial charge in [-0.3, -0.25) is 0 Å². The van der Waals surface area contributed by atoms with Crippen molar-refractivity contribution in [1.29, 1.82) is 0 Å². The number of hydrogen-bond acceptors (Lipinski definition) is 2. The number of anilines is 1.